The maximum Gasteiger partial charge on any atom is 0.174 e. The van der Waals surface area contributed by atoms with Crippen molar-refractivity contribution in [2.45, 2.75) is 13.1 Å². The summed E-state index contributed by atoms with van der Waals surface area (Å²) in [4.78, 5) is 6.29. The first-order chi connectivity index (χ1) is 14.1. The number of aromatic nitrogens is 1. The lowest BCUT2D eigenvalue weighted by molar-refractivity contribution is 0.341. The minimum Gasteiger partial charge on any atom is -0.493 e. The summed E-state index contributed by atoms with van der Waals surface area (Å²) in [5, 5.41) is 3.93. The van der Waals surface area contributed by atoms with E-state index >= 15 is 0 Å². The molecule has 2 aromatic carbocycles. The first-order valence-electron chi connectivity index (χ1n) is 9.01. The van der Waals surface area contributed by atoms with Crippen LogP contribution in [0.1, 0.15) is 11.1 Å². The van der Waals surface area contributed by atoms with Gasteiger partial charge in [-0.15, -0.1) is 0 Å². The Balaban J connectivity index is 1.86. The van der Waals surface area contributed by atoms with Crippen LogP contribution in [0.15, 0.2) is 71.5 Å². The van der Waals surface area contributed by atoms with Crippen LogP contribution in [0.2, 0.25) is 0 Å². The number of benzene rings is 2. The average molecular weight is 472 g/mol. The highest BCUT2D eigenvalue weighted by Gasteiger charge is 2.17. The Labute approximate surface area is 184 Å². The number of methoxy groups -OCH3 is 2. The quantitative estimate of drug-likeness (QED) is 0.474. The maximum atomic E-state index is 5.74. The smallest absolute Gasteiger partial charge is 0.174 e. The van der Waals surface area contributed by atoms with E-state index in [1.54, 1.807) is 20.4 Å². The number of anilines is 1. The zero-order valence-electron chi connectivity index (χ0n) is 16.3. The molecule has 0 saturated carbocycles. The lowest BCUT2D eigenvalue weighted by Gasteiger charge is -2.27. The Bertz CT molecular complexity index is 952. The van der Waals surface area contributed by atoms with Gasteiger partial charge in [0.1, 0.15) is 0 Å². The molecular weight excluding hydrogens is 450 g/mol. The zero-order valence-corrected chi connectivity index (χ0v) is 18.7. The molecule has 0 aliphatic carbocycles. The number of para-hydroxylation sites is 1. The van der Waals surface area contributed by atoms with Crippen LogP contribution in [0.25, 0.3) is 0 Å². The second-order valence-electron chi connectivity index (χ2n) is 6.31. The zero-order chi connectivity index (χ0) is 20.6. The van der Waals surface area contributed by atoms with Crippen molar-refractivity contribution in [3.8, 4) is 11.5 Å². The van der Waals surface area contributed by atoms with Gasteiger partial charge in [-0.1, -0.05) is 34.1 Å². The molecule has 0 saturated heterocycles. The topological polar surface area (TPSA) is 46.6 Å². The molecule has 1 N–H and O–H groups in total. The van der Waals surface area contributed by atoms with Crippen LogP contribution in [0.5, 0.6) is 11.5 Å². The van der Waals surface area contributed by atoms with E-state index in [1.165, 1.54) is 0 Å². The van der Waals surface area contributed by atoms with E-state index in [1.807, 2.05) is 60.8 Å². The predicted octanol–water partition coefficient (Wildman–Crippen LogP) is 5.26. The molecule has 0 bridgehead atoms. The SMILES string of the molecule is COc1cccc(CN(Cc2cccnc2)C(=S)Nc2ccc(Br)cc2)c1OC. The highest BCUT2D eigenvalue weighted by molar-refractivity contribution is 9.10. The van der Waals surface area contributed by atoms with E-state index in [-0.39, 0.29) is 0 Å². The van der Waals surface area contributed by atoms with Crippen LogP contribution in [-0.2, 0) is 13.1 Å². The number of hydrogen-bond acceptors (Lipinski definition) is 4. The third-order valence-corrected chi connectivity index (χ3v) is 5.21. The highest BCUT2D eigenvalue weighted by Crippen LogP contribution is 2.32. The van der Waals surface area contributed by atoms with Crippen LogP contribution < -0.4 is 14.8 Å². The number of pyridine rings is 1. The summed E-state index contributed by atoms with van der Waals surface area (Å²) >= 11 is 9.19. The van der Waals surface area contributed by atoms with E-state index in [9.17, 15) is 0 Å². The van der Waals surface area contributed by atoms with Gasteiger partial charge in [0.25, 0.3) is 0 Å². The Kier molecular flexibility index (Phi) is 7.43. The van der Waals surface area contributed by atoms with Crippen molar-refractivity contribution in [2.24, 2.45) is 0 Å². The van der Waals surface area contributed by atoms with Gasteiger partial charge < -0.3 is 19.7 Å². The van der Waals surface area contributed by atoms with Crippen LogP contribution in [-0.4, -0.2) is 29.2 Å². The molecule has 0 aliphatic rings. The fourth-order valence-electron chi connectivity index (χ4n) is 2.93. The standard InChI is InChI=1S/C22H22BrN3O2S/c1-27-20-7-3-6-17(21(20)28-2)15-26(14-16-5-4-12-24-13-16)22(29)25-19-10-8-18(23)9-11-19/h3-13H,14-15H2,1-2H3,(H,25,29). The van der Waals surface area contributed by atoms with Crippen molar-refractivity contribution in [2.75, 3.05) is 19.5 Å². The lowest BCUT2D eigenvalue weighted by Crippen LogP contribution is -2.34. The average Bonchev–Trinajstić information content (AvgIpc) is 2.75. The van der Waals surface area contributed by atoms with Gasteiger partial charge in [0.15, 0.2) is 16.6 Å². The molecule has 0 radical (unpaired) electrons. The summed E-state index contributed by atoms with van der Waals surface area (Å²) in [6.45, 7) is 1.16. The minimum absolute atomic E-state index is 0.553. The molecule has 5 nitrogen and oxygen atoms in total. The van der Waals surface area contributed by atoms with E-state index < -0.39 is 0 Å². The number of halogens is 1. The molecule has 0 amide bonds. The molecule has 7 heteroatoms. The number of nitrogens with one attached hydrogen (secondary N) is 1. The third-order valence-electron chi connectivity index (χ3n) is 4.32. The van der Waals surface area contributed by atoms with Crippen molar-refractivity contribution < 1.29 is 9.47 Å². The largest absolute Gasteiger partial charge is 0.493 e. The van der Waals surface area contributed by atoms with Gasteiger partial charge in [-0.2, -0.15) is 0 Å². The van der Waals surface area contributed by atoms with Crippen molar-refractivity contribution in [1.29, 1.82) is 0 Å². The molecule has 0 unspecified atom stereocenters. The molecule has 1 aromatic heterocycles. The van der Waals surface area contributed by atoms with E-state index in [0.29, 0.717) is 29.7 Å². The molecule has 3 aromatic rings. The molecule has 0 aliphatic heterocycles. The summed E-state index contributed by atoms with van der Waals surface area (Å²) in [5.74, 6) is 1.40. The van der Waals surface area contributed by atoms with Crippen molar-refractivity contribution >= 4 is 38.9 Å². The molecular formula is C22H22BrN3O2S. The minimum atomic E-state index is 0.553. The normalized spacial score (nSPS) is 10.3. The molecule has 0 fully saturated rings. The molecule has 0 atom stereocenters. The second kappa shape index (κ2) is 10.2. The lowest BCUT2D eigenvalue weighted by atomic mass is 10.1. The maximum absolute atomic E-state index is 5.74. The fourth-order valence-corrected chi connectivity index (χ4v) is 3.44. The first kappa shape index (κ1) is 21.1. The summed E-state index contributed by atoms with van der Waals surface area (Å²) in [6.07, 6.45) is 3.61. The summed E-state index contributed by atoms with van der Waals surface area (Å²) < 4.78 is 12.1. The van der Waals surface area contributed by atoms with Crippen LogP contribution in [0.4, 0.5) is 5.69 Å². The van der Waals surface area contributed by atoms with Gasteiger partial charge in [-0.05, 0) is 54.2 Å². The summed E-state index contributed by atoms with van der Waals surface area (Å²) in [6, 6.07) is 17.7. The number of nitrogens with zero attached hydrogens (tertiary/aromatic N) is 2. The highest BCUT2D eigenvalue weighted by atomic mass is 79.9. The van der Waals surface area contributed by atoms with Gasteiger partial charge in [0.05, 0.1) is 14.2 Å². The second-order valence-corrected chi connectivity index (χ2v) is 7.61. The van der Waals surface area contributed by atoms with Gasteiger partial charge in [-0.3, -0.25) is 4.98 Å². The Morgan fingerprint density at radius 1 is 1.03 bits per heavy atom. The molecule has 150 valence electrons. The van der Waals surface area contributed by atoms with Crippen LogP contribution in [0.3, 0.4) is 0 Å². The first-order valence-corrected chi connectivity index (χ1v) is 10.2. The predicted molar refractivity (Wildman–Crippen MR) is 123 cm³/mol. The fraction of sp³-hybridized carbons (Fsp3) is 0.182. The van der Waals surface area contributed by atoms with Crippen LogP contribution in [0, 0.1) is 0 Å². The number of ether oxygens (including phenoxy) is 2. The monoisotopic (exact) mass is 471 g/mol. The van der Waals surface area contributed by atoms with E-state index in [4.69, 9.17) is 21.7 Å². The van der Waals surface area contributed by atoms with Gasteiger partial charge in [0.2, 0.25) is 0 Å². The number of hydrogen-bond donors (Lipinski definition) is 1. The Hall–Kier alpha value is -2.64. The summed E-state index contributed by atoms with van der Waals surface area (Å²) in [5.41, 5.74) is 2.97. The van der Waals surface area contributed by atoms with Gasteiger partial charge >= 0.3 is 0 Å². The molecule has 3 rings (SSSR count). The van der Waals surface area contributed by atoms with Gasteiger partial charge in [-0.25, -0.2) is 0 Å². The number of thiocarbonyl (C=S) groups is 1. The van der Waals surface area contributed by atoms with Crippen LogP contribution >= 0.6 is 28.1 Å². The summed E-state index contributed by atoms with van der Waals surface area (Å²) in [7, 11) is 3.28. The Morgan fingerprint density at radius 2 is 1.83 bits per heavy atom. The third kappa shape index (κ3) is 5.68. The Morgan fingerprint density at radius 3 is 2.48 bits per heavy atom. The van der Waals surface area contributed by atoms with Crippen molar-refractivity contribution in [3.63, 3.8) is 0 Å². The molecule has 0 spiro atoms. The molecule has 1 heterocycles. The van der Waals surface area contributed by atoms with E-state index in [2.05, 4.69) is 31.1 Å². The molecule has 29 heavy (non-hydrogen) atoms. The van der Waals surface area contributed by atoms with Gasteiger partial charge in [0, 0.05) is 41.2 Å². The van der Waals surface area contributed by atoms with Crippen molar-refractivity contribution in [1.82, 2.24) is 9.88 Å². The van der Waals surface area contributed by atoms with Crippen molar-refractivity contribution in [3.05, 3.63) is 82.6 Å². The number of rotatable bonds is 7. The van der Waals surface area contributed by atoms with E-state index in [0.717, 1.165) is 21.3 Å².